The van der Waals surface area contributed by atoms with Gasteiger partial charge in [0.1, 0.15) is 0 Å². The molecule has 1 N–H and O–H groups in total. The van der Waals surface area contributed by atoms with Crippen molar-refractivity contribution in [2.24, 2.45) is 4.99 Å². The zero-order chi connectivity index (χ0) is 19.3. The molecule has 152 valence electrons. The quantitative estimate of drug-likeness (QED) is 0.386. The van der Waals surface area contributed by atoms with Crippen LogP contribution in [0.5, 0.6) is 0 Å². The maximum atomic E-state index is 5.50. The minimum absolute atomic E-state index is 0.507. The Hall–Kier alpha value is -1.63. The Morgan fingerprint density at radius 1 is 1.11 bits per heavy atom. The maximum absolute atomic E-state index is 5.50. The Kier molecular flexibility index (Phi) is 10.2. The van der Waals surface area contributed by atoms with Crippen LogP contribution in [0.4, 0.5) is 0 Å². The summed E-state index contributed by atoms with van der Waals surface area (Å²) in [5, 5.41) is 3.47. The van der Waals surface area contributed by atoms with E-state index in [1.165, 1.54) is 5.56 Å². The molecular formula is C21H36N4O2. The summed E-state index contributed by atoms with van der Waals surface area (Å²) in [6, 6.07) is 11.4. The summed E-state index contributed by atoms with van der Waals surface area (Å²) >= 11 is 0. The van der Waals surface area contributed by atoms with Gasteiger partial charge in [-0.3, -0.25) is 9.89 Å². The predicted molar refractivity (Wildman–Crippen MR) is 111 cm³/mol. The average Bonchev–Trinajstić information content (AvgIpc) is 2.72. The van der Waals surface area contributed by atoms with E-state index >= 15 is 0 Å². The summed E-state index contributed by atoms with van der Waals surface area (Å²) in [5.74, 6) is 0.999. The van der Waals surface area contributed by atoms with Gasteiger partial charge in [-0.1, -0.05) is 37.3 Å². The number of methoxy groups -OCH3 is 1. The zero-order valence-corrected chi connectivity index (χ0v) is 17.2. The van der Waals surface area contributed by atoms with Gasteiger partial charge in [-0.25, -0.2) is 0 Å². The molecule has 0 amide bonds. The number of guanidine groups is 1. The normalized spacial score (nSPS) is 17.1. The monoisotopic (exact) mass is 376 g/mol. The molecule has 2 rings (SSSR count). The van der Waals surface area contributed by atoms with Crippen LogP contribution in [0.3, 0.4) is 0 Å². The van der Waals surface area contributed by atoms with E-state index in [4.69, 9.17) is 9.47 Å². The summed E-state index contributed by atoms with van der Waals surface area (Å²) in [7, 11) is 3.56. The lowest BCUT2D eigenvalue weighted by molar-refractivity contribution is 0.0697. The molecule has 0 aliphatic carbocycles. The van der Waals surface area contributed by atoms with Gasteiger partial charge in [0.15, 0.2) is 5.96 Å². The summed E-state index contributed by atoms with van der Waals surface area (Å²) < 4.78 is 10.5. The van der Waals surface area contributed by atoms with Crippen molar-refractivity contribution in [1.82, 2.24) is 15.1 Å². The summed E-state index contributed by atoms with van der Waals surface area (Å²) in [5.41, 5.74) is 1.42. The first-order chi connectivity index (χ1) is 13.3. The van der Waals surface area contributed by atoms with Crippen molar-refractivity contribution in [1.29, 1.82) is 0 Å². The van der Waals surface area contributed by atoms with Crippen LogP contribution < -0.4 is 5.32 Å². The van der Waals surface area contributed by atoms with Crippen molar-refractivity contribution in [2.75, 3.05) is 66.7 Å². The molecule has 1 aliphatic rings. The number of hydrogen-bond acceptors (Lipinski definition) is 4. The first-order valence-corrected chi connectivity index (χ1v) is 10.1. The minimum atomic E-state index is 0.507. The molecular weight excluding hydrogens is 340 g/mol. The highest BCUT2D eigenvalue weighted by Gasteiger charge is 2.25. The fourth-order valence-electron chi connectivity index (χ4n) is 3.58. The van der Waals surface area contributed by atoms with Gasteiger partial charge in [0, 0.05) is 59.5 Å². The maximum Gasteiger partial charge on any atom is 0.193 e. The number of nitrogens with zero attached hydrogens (tertiary/aromatic N) is 3. The van der Waals surface area contributed by atoms with E-state index in [1.807, 2.05) is 7.05 Å². The topological polar surface area (TPSA) is 49.3 Å². The highest BCUT2D eigenvalue weighted by molar-refractivity contribution is 5.79. The van der Waals surface area contributed by atoms with E-state index in [-0.39, 0.29) is 0 Å². The second kappa shape index (κ2) is 12.7. The van der Waals surface area contributed by atoms with Crippen LogP contribution in [0.2, 0.25) is 0 Å². The Labute approximate surface area is 164 Å². The molecule has 1 unspecified atom stereocenters. The van der Waals surface area contributed by atoms with Gasteiger partial charge in [-0.15, -0.1) is 0 Å². The first-order valence-electron chi connectivity index (χ1n) is 10.1. The third kappa shape index (κ3) is 7.13. The second-order valence-electron chi connectivity index (χ2n) is 6.79. The molecule has 0 saturated carbocycles. The Balaban J connectivity index is 1.73. The third-order valence-corrected chi connectivity index (χ3v) is 5.02. The number of ether oxygens (including phenoxy) is 2. The number of nitrogens with one attached hydrogen (secondary N) is 1. The number of rotatable bonds is 10. The molecule has 6 nitrogen and oxygen atoms in total. The number of benzene rings is 1. The molecule has 0 aromatic heterocycles. The van der Waals surface area contributed by atoms with Crippen molar-refractivity contribution in [2.45, 2.75) is 25.8 Å². The van der Waals surface area contributed by atoms with Gasteiger partial charge < -0.3 is 19.7 Å². The molecule has 1 aliphatic heterocycles. The molecule has 1 aromatic carbocycles. The van der Waals surface area contributed by atoms with E-state index in [2.05, 4.69) is 57.4 Å². The molecule has 1 saturated heterocycles. The Morgan fingerprint density at radius 2 is 1.85 bits per heavy atom. The first kappa shape index (κ1) is 21.7. The molecule has 27 heavy (non-hydrogen) atoms. The molecule has 1 fully saturated rings. The summed E-state index contributed by atoms with van der Waals surface area (Å²) in [4.78, 5) is 9.42. The Morgan fingerprint density at radius 3 is 2.48 bits per heavy atom. The SMILES string of the molecule is CCC(c1ccccc1)N1CCN(C(=NC)NCCCOCCOC)CC1. The fraction of sp³-hybridized carbons (Fsp3) is 0.667. The van der Waals surface area contributed by atoms with Crippen LogP contribution in [-0.4, -0.2) is 82.5 Å². The van der Waals surface area contributed by atoms with Crippen molar-refractivity contribution in [3.63, 3.8) is 0 Å². The molecule has 0 radical (unpaired) electrons. The van der Waals surface area contributed by atoms with E-state index in [9.17, 15) is 0 Å². The van der Waals surface area contributed by atoms with E-state index in [0.29, 0.717) is 19.3 Å². The largest absolute Gasteiger partial charge is 0.382 e. The Bertz CT molecular complexity index is 530. The van der Waals surface area contributed by atoms with Crippen LogP contribution >= 0.6 is 0 Å². The lowest BCUT2D eigenvalue weighted by atomic mass is 10.0. The van der Waals surface area contributed by atoms with Crippen LogP contribution in [0.15, 0.2) is 35.3 Å². The van der Waals surface area contributed by atoms with Gasteiger partial charge in [0.25, 0.3) is 0 Å². The lowest BCUT2D eigenvalue weighted by Gasteiger charge is -2.40. The van der Waals surface area contributed by atoms with Crippen molar-refractivity contribution in [3.8, 4) is 0 Å². The highest BCUT2D eigenvalue weighted by Crippen LogP contribution is 2.25. The molecule has 6 heteroatoms. The lowest BCUT2D eigenvalue weighted by Crippen LogP contribution is -2.53. The number of hydrogen-bond donors (Lipinski definition) is 1. The van der Waals surface area contributed by atoms with E-state index < -0.39 is 0 Å². The standard InChI is InChI=1S/C21H36N4O2/c1-4-20(19-9-6-5-7-10-19)24-12-14-25(15-13-24)21(22-2)23-11-8-16-27-18-17-26-3/h5-7,9-10,20H,4,8,11-18H2,1-3H3,(H,22,23). The molecule has 0 bridgehead atoms. The molecule has 1 heterocycles. The summed E-state index contributed by atoms with van der Waals surface area (Å²) in [6.07, 6.45) is 2.11. The van der Waals surface area contributed by atoms with Gasteiger partial charge in [0.2, 0.25) is 0 Å². The molecule has 0 spiro atoms. The van der Waals surface area contributed by atoms with Crippen LogP contribution in [-0.2, 0) is 9.47 Å². The van der Waals surface area contributed by atoms with Gasteiger partial charge >= 0.3 is 0 Å². The van der Waals surface area contributed by atoms with Gasteiger partial charge in [-0.05, 0) is 18.4 Å². The minimum Gasteiger partial charge on any atom is -0.382 e. The van der Waals surface area contributed by atoms with Crippen LogP contribution in [0.1, 0.15) is 31.4 Å². The fourth-order valence-corrected chi connectivity index (χ4v) is 3.58. The van der Waals surface area contributed by atoms with E-state index in [1.54, 1.807) is 7.11 Å². The third-order valence-electron chi connectivity index (χ3n) is 5.02. The molecule has 1 atom stereocenters. The predicted octanol–water partition coefficient (Wildman–Crippen LogP) is 2.38. The summed E-state index contributed by atoms with van der Waals surface area (Å²) in [6.45, 7) is 9.36. The van der Waals surface area contributed by atoms with Crippen molar-refractivity contribution >= 4 is 5.96 Å². The van der Waals surface area contributed by atoms with E-state index in [0.717, 1.165) is 58.1 Å². The average molecular weight is 377 g/mol. The van der Waals surface area contributed by atoms with Gasteiger partial charge in [-0.2, -0.15) is 0 Å². The zero-order valence-electron chi connectivity index (χ0n) is 17.2. The number of piperazine rings is 1. The molecule has 1 aromatic rings. The number of aliphatic imine (C=N–C) groups is 1. The van der Waals surface area contributed by atoms with Crippen LogP contribution in [0.25, 0.3) is 0 Å². The van der Waals surface area contributed by atoms with Gasteiger partial charge in [0.05, 0.1) is 13.2 Å². The second-order valence-corrected chi connectivity index (χ2v) is 6.79. The van der Waals surface area contributed by atoms with Crippen molar-refractivity contribution < 1.29 is 9.47 Å². The van der Waals surface area contributed by atoms with Crippen LogP contribution in [0, 0.1) is 0 Å². The van der Waals surface area contributed by atoms with Crippen molar-refractivity contribution in [3.05, 3.63) is 35.9 Å². The highest BCUT2D eigenvalue weighted by atomic mass is 16.5. The smallest absolute Gasteiger partial charge is 0.193 e.